The Balaban J connectivity index is 1.97. The van der Waals surface area contributed by atoms with Crippen molar-refractivity contribution in [3.8, 4) is 5.88 Å². The Labute approximate surface area is 123 Å². The SMILES string of the molecule is C=CC(=O)N[C@@H]1CCC[C@H]1C(=O)Nc1ccc(OC)nc1. The van der Waals surface area contributed by atoms with Crippen LogP contribution in [0.3, 0.4) is 0 Å². The number of carbonyl (C=O) groups is 2. The van der Waals surface area contributed by atoms with Crippen LogP contribution in [0.1, 0.15) is 19.3 Å². The molecule has 2 atom stereocenters. The molecule has 112 valence electrons. The van der Waals surface area contributed by atoms with E-state index in [0.29, 0.717) is 11.6 Å². The number of aromatic nitrogens is 1. The van der Waals surface area contributed by atoms with Crippen molar-refractivity contribution >= 4 is 17.5 Å². The second-order valence-corrected chi connectivity index (χ2v) is 4.94. The summed E-state index contributed by atoms with van der Waals surface area (Å²) in [6.07, 6.45) is 5.25. The molecular weight excluding hydrogens is 270 g/mol. The van der Waals surface area contributed by atoms with Crippen molar-refractivity contribution in [3.63, 3.8) is 0 Å². The van der Waals surface area contributed by atoms with Crippen LogP contribution < -0.4 is 15.4 Å². The Kier molecular flexibility index (Phi) is 4.92. The summed E-state index contributed by atoms with van der Waals surface area (Å²) in [5.74, 6) is -0.0827. The Morgan fingerprint density at radius 3 is 2.86 bits per heavy atom. The molecule has 0 aromatic carbocycles. The molecule has 2 N–H and O–H groups in total. The van der Waals surface area contributed by atoms with Crippen molar-refractivity contribution < 1.29 is 14.3 Å². The van der Waals surface area contributed by atoms with Gasteiger partial charge >= 0.3 is 0 Å². The standard InChI is InChI=1S/C15H19N3O3/c1-3-13(19)18-12-6-4-5-11(12)15(20)17-10-7-8-14(21-2)16-9-10/h3,7-9,11-12H,1,4-6H2,2H3,(H,17,20)(H,18,19)/t11-,12-/m1/s1. The van der Waals surface area contributed by atoms with Gasteiger partial charge in [-0.15, -0.1) is 0 Å². The summed E-state index contributed by atoms with van der Waals surface area (Å²) >= 11 is 0. The summed E-state index contributed by atoms with van der Waals surface area (Å²) in [7, 11) is 1.53. The molecule has 2 rings (SSSR count). The van der Waals surface area contributed by atoms with Crippen LogP contribution >= 0.6 is 0 Å². The molecule has 0 unspecified atom stereocenters. The lowest BCUT2D eigenvalue weighted by Crippen LogP contribution is -2.41. The lowest BCUT2D eigenvalue weighted by atomic mass is 10.0. The zero-order valence-corrected chi connectivity index (χ0v) is 12.0. The summed E-state index contributed by atoms with van der Waals surface area (Å²) in [6, 6.07) is 3.28. The Morgan fingerprint density at radius 2 is 2.24 bits per heavy atom. The highest BCUT2D eigenvalue weighted by atomic mass is 16.5. The van der Waals surface area contributed by atoms with Crippen LogP contribution in [0.15, 0.2) is 31.0 Å². The minimum Gasteiger partial charge on any atom is -0.481 e. The number of amides is 2. The van der Waals surface area contributed by atoms with Crippen LogP contribution in [0.4, 0.5) is 5.69 Å². The van der Waals surface area contributed by atoms with E-state index in [4.69, 9.17) is 4.74 Å². The van der Waals surface area contributed by atoms with E-state index < -0.39 is 0 Å². The lowest BCUT2D eigenvalue weighted by Gasteiger charge is -2.19. The van der Waals surface area contributed by atoms with Crippen molar-refractivity contribution in [2.45, 2.75) is 25.3 Å². The number of anilines is 1. The van der Waals surface area contributed by atoms with Gasteiger partial charge in [-0.25, -0.2) is 4.98 Å². The minimum atomic E-state index is -0.245. The second kappa shape index (κ2) is 6.88. The van der Waals surface area contributed by atoms with Gasteiger partial charge in [-0.3, -0.25) is 9.59 Å². The molecule has 0 spiro atoms. The normalized spacial score (nSPS) is 20.6. The maximum Gasteiger partial charge on any atom is 0.243 e. The topological polar surface area (TPSA) is 80.3 Å². The van der Waals surface area contributed by atoms with Crippen molar-refractivity contribution in [2.24, 2.45) is 5.92 Å². The molecule has 0 saturated heterocycles. The Bertz CT molecular complexity index is 527. The molecule has 0 bridgehead atoms. The minimum absolute atomic E-state index is 0.103. The fourth-order valence-corrected chi connectivity index (χ4v) is 2.50. The third-order valence-corrected chi connectivity index (χ3v) is 3.58. The van der Waals surface area contributed by atoms with Crippen molar-refractivity contribution in [1.29, 1.82) is 0 Å². The highest BCUT2D eigenvalue weighted by Gasteiger charge is 2.33. The van der Waals surface area contributed by atoms with E-state index >= 15 is 0 Å². The van der Waals surface area contributed by atoms with Crippen LogP contribution in [0, 0.1) is 5.92 Å². The lowest BCUT2D eigenvalue weighted by molar-refractivity contribution is -0.121. The van der Waals surface area contributed by atoms with Crippen LogP contribution in [0.2, 0.25) is 0 Å². The molecule has 1 aliphatic rings. The number of methoxy groups -OCH3 is 1. The van der Waals surface area contributed by atoms with Gasteiger partial charge in [-0.05, 0) is 25.0 Å². The zero-order valence-electron chi connectivity index (χ0n) is 12.0. The monoisotopic (exact) mass is 289 g/mol. The van der Waals surface area contributed by atoms with Gasteiger partial charge in [-0.1, -0.05) is 13.0 Å². The summed E-state index contributed by atoms with van der Waals surface area (Å²) in [5, 5.41) is 5.63. The molecule has 21 heavy (non-hydrogen) atoms. The first-order chi connectivity index (χ1) is 10.1. The van der Waals surface area contributed by atoms with E-state index in [2.05, 4.69) is 22.2 Å². The first-order valence-corrected chi connectivity index (χ1v) is 6.88. The first kappa shape index (κ1) is 15.0. The predicted molar refractivity (Wildman–Crippen MR) is 78.9 cm³/mol. The average molecular weight is 289 g/mol. The second-order valence-electron chi connectivity index (χ2n) is 4.94. The van der Waals surface area contributed by atoms with Gasteiger partial charge in [0.15, 0.2) is 0 Å². The summed E-state index contributed by atoms with van der Waals surface area (Å²) in [5.41, 5.74) is 0.612. The van der Waals surface area contributed by atoms with E-state index in [1.807, 2.05) is 0 Å². The molecule has 1 saturated carbocycles. The Morgan fingerprint density at radius 1 is 1.43 bits per heavy atom. The number of ether oxygens (including phenoxy) is 1. The maximum absolute atomic E-state index is 12.3. The number of nitrogens with zero attached hydrogens (tertiary/aromatic N) is 1. The average Bonchev–Trinajstić information content (AvgIpc) is 2.96. The number of hydrogen-bond donors (Lipinski definition) is 2. The van der Waals surface area contributed by atoms with Gasteiger partial charge in [0.1, 0.15) is 0 Å². The van der Waals surface area contributed by atoms with Crippen molar-refractivity contribution in [1.82, 2.24) is 10.3 Å². The zero-order chi connectivity index (χ0) is 15.2. The molecule has 6 heteroatoms. The quantitative estimate of drug-likeness (QED) is 0.805. The van der Waals surface area contributed by atoms with Gasteiger partial charge in [0, 0.05) is 12.1 Å². The molecule has 1 fully saturated rings. The molecule has 1 aromatic heterocycles. The molecule has 1 aliphatic carbocycles. The highest BCUT2D eigenvalue weighted by molar-refractivity contribution is 5.94. The van der Waals surface area contributed by atoms with E-state index in [1.165, 1.54) is 13.2 Å². The van der Waals surface area contributed by atoms with Crippen LogP contribution in [0.5, 0.6) is 5.88 Å². The Hall–Kier alpha value is -2.37. The summed E-state index contributed by atoms with van der Waals surface area (Å²) < 4.78 is 4.97. The van der Waals surface area contributed by atoms with Crippen LogP contribution in [0.25, 0.3) is 0 Å². The third-order valence-electron chi connectivity index (χ3n) is 3.58. The van der Waals surface area contributed by atoms with E-state index in [1.54, 1.807) is 18.3 Å². The third kappa shape index (κ3) is 3.81. The largest absolute Gasteiger partial charge is 0.481 e. The summed E-state index contributed by atoms with van der Waals surface area (Å²) in [6.45, 7) is 3.42. The van der Waals surface area contributed by atoms with Crippen molar-refractivity contribution in [2.75, 3.05) is 12.4 Å². The van der Waals surface area contributed by atoms with Crippen molar-refractivity contribution in [3.05, 3.63) is 31.0 Å². The highest BCUT2D eigenvalue weighted by Crippen LogP contribution is 2.27. The summed E-state index contributed by atoms with van der Waals surface area (Å²) in [4.78, 5) is 27.7. The van der Waals surface area contributed by atoms with Gasteiger partial charge in [-0.2, -0.15) is 0 Å². The maximum atomic E-state index is 12.3. The molecule has 0 aliphatic heterocycles. The first-order valence-electron chi connectivity index (χ1n) is 6.88. The smallest absolute Gasteiger partial charge is 0.243 e. The van der Waals surface area contributed by atoms with Crippen LogP contribution in [-0.4, -0.2) is 29.9 Å². The molecule has 6 nitrogen and oxygen atoms in total. The predicted octanol–water partition coefficient (Wildman–Crippen LogP) is 1.50. The van der Waals surface area contributed by atoms with Gasteiger partial charge in [0.05, 0.1) is 24.9 Å². The number of pyridine rings is 1. The van der Waals surface area contributed by atoms with E-state index in [0.717, 1.165) is 19.3 Å². The molecule has 1 heterocycles. The van der Waals surface area contributed by atoms with E-state index in [-0.39, 0.29) is 23.8 Å². The van der Waals surface area contributed by atoms with E-state index in [9.17, 15) is 9.59 Å². The van der Waals surface area contributed by atoms with Gasteiger partial charge < -0.3 is 15.4 Å². The number of hydrogen-bond acceptors (Lipinski definition) is 4. The fraction of sp³-hybridized carbons (Fsp3) is 0.400. The molecule has 0 radical (unpaired) electrons. The molecular formula is C15H19N3O3. The molecule has 2 amide bonds. The van der Waals surface area contributed by atoms with Gasteiger partial charge in [0.2, 0.25) is 17.7 Å². The number of rotatable bonds is 5. The number of carbonyl (C=O) groups excluding carboxylic acids is 2. The number of nitrogens with one attached hydrogen (secondary N) is 2. The van der Waals surface area contributed by atoms with Crippen LogP contribution in [-0.2, 0) is 9.59 Å². The van der Waals surface area contributed by atoms with Gasteiger partial charge in [0.25, 0.3) is 0 Å². The molecule has 1 aromatic rings. The fourth-order valence-electron chi connectivity index (χ4n) is 2.50.